The lowest BCUT2D eigenvalue weighted by atomic mass is 9.35. The monoisotopic (exact) mass is 631 g/mol. The number of nitriles is 2. The van der Waals surface area contributed by atoms with Crippen LogP contribution in [0.1, 0.15) is 105 Å². The predicted molar refractivity (Wildman–Crippen MR) is 182 cm³/mol. The van der Waals surface area contributed by atoms with Crippen molar-refractivity contribution in [3.8, 4) is 12.1 Å². The van der Waals surface area contributed by atoms with E-state index in [1.807, 2.05) is 57.2 Å². The molecule has 7 atom stereocenters. The van der Waals surface area contributed by atoms with Crippen molar-refractivity contribution in [3.63, 3.8) is 0 Å². The minimum atomic E-state index is -0.707. The van der Waals surface area contributed by atoms with Crippen LogP contribution in [0.25, 0.3) is 6.08 Å². The van der Waals surface area contributed by atoms with Crippen molar-refractivity contribution in [2.45, 2.75) is 106 Å². The Morgan fingerprint density at radius 3 is 2.23 bits per heavy atom. The van der Waals surface area contributed by atoms with Gasteiger partial charge in [0.15, 0.2) is 11.6 Å². The van der Waals surface area contributed by atoms with Crippen LogP contribution in [0, 0.1) is 74.4 Å². The minimum Gasteiger partial charge on any atom is -0.346 e. The van der Waals surface area contributed by atoms with Gasteiger partial charge in [-0.25, -0.2) is 0 Å². The Hall–Kier alpha value is -3.77. The number of amides is 1. The van der Waals surface area contributed by atoms with E-state index in [1.54, 1.807) is 6.08 Å². The highest BCUT2D eigenvalue weighted by atomic mass is 16.2. The van der Waals surface area contributed by atoms with Crippen molar-refractivity contribution >= 4 is 23.5 Å². The molecular formula is C41H49N3O3. The van der Waals surface area contributed by atoms with Crippen LogP contribution in [0.15, 0.2) is 53.1 Å². The number of carbonyl (C=O) groups is 3. The molecule has 0 saturated heterocycles. The number of allylic oxidation sites excluding steroid dienone is 4. The number of Topliss-reactive ketones (excluding diaryl/α,β-unsaturated/α-hetero) is 1. The molecule has 5 aliphatic rings. The first-order valence-corrected chi connectivity index (χ1v) is 17.3. The second-order valence-corrected chi connectivity index (χ2v) is 17.4. The molecule has 1 aromatic carbocycles. The minimum absolute atomic E-state index is 0.0000531. The SMILES string of the molecule is Cc1ccc(/C=C(\C#N)C(=O)N[C@]23CCC(C)(C)C[C@H]2[C@H]2C(=O)C=C4[C@@]5(C)C=C(C#N)C(=O)C(C)(C)[C@@H]5CC[C@@]4(C)[C@]2(C)CC3)cc1. The van der Waals surface area contributed by atoms with Gasteiger partial charge in [0.2, 0.25) is 0 Å². The second kappa shape index (κ2) is 10.6. The van der Waals surface area contributed by atoms with Gasteiger partial charge in [-0.05, 0) is 97.7 Å². The van der Waals surface area contributed by atoms with Crippen molar-refractivity contribution in [2.24, 2.45) is 44.8 Å². The van der Waals surface area contributed by atoms with Crippen LogP contribution in [-0.2, 0) is 14.4 Å². The Labute approximate surface area is 280 Å². The number of nitrogens with zero attached hydrogens (tertiary/aromatic N) is 2. The Morgan fingerprint density at radius 2 is 1.60 bits per heavy atom. The highest BCUT2D eigenvalue weighted by molar-refractivity contribution is 6.05. The molecule has 0 radical (unpaired) electrons. The van der Waals surface area contributed by atoms with E-state index in [0.29, 0.717) is 0 Å². The maximum atomic E-state index is 14.8. The molecule has 0 aliphatic heterocycles. The third kappa shape index (κ3) is 4.73. The predicted octanol–water partition coefficient (Wildman–Crippen LogP) is 7.99. The summed E-state index contributed by atoms with van der Waals surface area (Å²) in [7, 11) is 0. The van der Waals surface area contributed by atoms with Crippen LogP contribution in [-0.4, -0.2) is 23.0 Å². The molecule has 6 nitrogen and oxygen atoms in total. The van der Waals surface area contributed by atoms with Crippen LogP contribution in [0.3, 0.4) is 0 Å². The van der Waals surface area contributed by atoms with E-state index in [0.717, 1.165) is 61.6 Å². The molecule has 5 aliphatic carbocycles. The lowest BCUT2D eigenvalue weighted by Gasteiger charge is -2.69. The molecule has 0 spiro atoms. The summed E-state index contributed by atoms with van der Waals surface area (Å²) in [5.74, 6) is -0.769. The van der Waals surface area contributed by atoms with Gasteiger partial charge in [0.25, 0.3) is 5.91 Å². The third-order valence-electron chi connectivity index (χ3n) is 14.0. The van der Waals surface area contributed by atoms with E-state index in [-0.39, 0.29) is 62.6 Å². The fourth-order valence-electron chi connectivity index (χ4n) is 11.1. The topological polar surface area (TPSA) is 111 Å². The zero-order chi connectivity index (χ0) is 34.4. The molecule has 0 aromatic heterocycles. The second-order valence-electron chi connectivity index (χ2n) is 17.4. The first-order valence-electron chi connectivity index (χ1n) is 17.3. The molecule has 0 heterocycles. The molecular weight excluding hydrogens is 582 g/mol. The average Bonchev–Trinajstić information content (AvgIpc) is 3.00. The van der Waals surface area contributed by atoms with Crippen molar-refractivity contribution in [2.75, 3.05) is 0 Å². The number of hydrogen-bond donors (Lipinski definition) is 1. The lowest BCUT2D eigenvalue weighted by Crippen LogP contribution is -2.69. The summed E-state index contributed by atoms with van der Waals surface area (Å²) in [5.41, 5.74) is 0.656. The van der Waals surface area contributed by atoms with Gasteiger partial charge in [-0.3, -0.25) is 14.4 Å². The summed E-state index contributed by atoms with van der Waals surface area (Å²) in [6, 6.07) is 12.1. The largest absolute Gasteiger partial charge is 0.346 e. The van der Waals surface area contributed by atoms with E-state index < -0.39 is 16.4 Å². The molecule has 6 heteroatoms. The van der Waals surface area contributed by atoms with Crippen LogP contribution in [0.4, 0.5) is 0 Å². The standard InChI is InChI=1S/C41H49N3O3/c1-25-9-11-26(12-10-25)19-27(23-42)35(47)44-41-17-15-36(2,3)22-29(41)33-30(45)20-32-38(6)21-28(24-43)34(46)37(4,5)31(38)13-14-39(32,7)40(33,8)16-18-41/h9-12,19-21,29,31,33H,13-18,22H2,1-8H3,(H,44,47)/b27-19+/t29-,31-,33-,38-,39+,40+,41-/m0/s1. The number of fused-ring (bicyclic) bond motifs is 7. The number of aryl methyl sites for hydroxylation is 1. The molecule has 246 valence electrons. The lowest BCUT2D eigenvalue weighted by molar-refractivity contribution is -0.163. The van der Waals surface area contributed by atoms with Gasteiger partial charge in [0.05, 0.1) is 5.57 Å². The van der Waals surface area contributed by atoms with Gasteiger partial charge in [0.1, 0.15) is 17.7 Å². The Morgan fingerprint density at radius 1 is 0.936 bits per heavy atom. The maximum absolute atomic E-state index is 14.8. The van der Waals surface area contributed by atoms with Crippen LogP contribution >= 0.6 is 0 Å². The Kier molecular flexibility index (Phi) is 7.49. The summed E-state index contributed by atoms with van der Waals surface area (Å²) in [6.45, 7) is 17.2. The molecule has 3 fully saturated rings. The zero-order valence-electron chi connectivity index (χ0n) is 29.3. The summed E-state index contributed by atoms with van der Waals surface area (Å²) < 4.78 is 0. The molecule has 1 aromatic rings. The Bertz CT molecular complexity index is 1750. The van der Waals surface area contributed by atoms with Gasteiger partial charge in [-0.15, -0.1) is 0 Å². The molecule has 1 N–H and O–H groups in total. The van der Waals surface area contributed by atoms with E-state index >= 15 is 0 Å². The summed E-state index contributed by atoms with van der Waals surface area (Å²) in [5, 5.41) is 23.5. The van der Waals surface area contributed by atoms with Crippen LogP contribution in [0.5, 0.6) is 0 Å². The number of carbonyl (C=O) groups excluding carboxylic acids is 3. The number of benzene rings is 1. The van der Waals surface area contributed by atoms with Crippen LogP contribution in [0.2, 0.25) is 0 Å². The maximum Gasteiger partial charge on any atom is 0.262 e. The molecule has 47 heavy (non-hydrogen) atoms. The van der Waals surface area contributed by atoms with E-state index in [4.69, 9.17) is 0 Å². The summed E-state index contributed by atoms with van der Waals surface area (Å²) >= 11 is 0. The van der Waals surface area contributed by atoms with Gasteiger partial charge < -0.3 is 5.32 Å². The first kappa shape index (κ1) is 33.1. The van der Waals surface area contributed by atoms with Crippen molar-refractivity contribution in [1.82, 2.24) is 5.32 Å². The molecule has 1 amide bonds. The molecule has 3 saturated carbocycles. The van der Waals surface area contributed by atoms with Gasteiger partial charge in [0, 0.05) is 22.3 Å². The number of rotatable bonds is 3. The number of ketones is 2. The molecule has 0 unspecified atom stereocenters. The van der Waals surface area contributed by atoms with E-state index in [1.165, 1.54) is 0 Å². The van der Waals surface area contributed by atoms with Crippen LogP contribution < -0.4 is 5.32 Å². The number of nitrogens with one attached hydrogen (secondary N) is 1. The highest BCUT2D eigenvalue weighted by Crippen LogP contribution is 2.73. The van der Waals surface area contributed by atoms with Crippen molar-refractivity contribution < 1.29 is 14.4 Å². The summed E-state index contributed by atoms with van der Waals surface area (Å²) in [6.07, 6.45) is 11.1. The molecule has 0 bridgehead atoms. The quantitative estimate of drug-likeness (QED) is 0.269. The van der Waals surface area contributed by atoms with E-state index in [9.17, 15) is 24.9 Å². The fraction of sp³-hybridized carbons (Fsp3) is 0.585. The zero-order valence-corrected chi connectivity index (χ0v) is 29.3. The highest BCUT2D eigenvalue weighted by Gasteiger charge is 2.70. The van der Waals surface area contributed by atoms with E-state index in [2.05, 4.69) is 52.1 Å². The van der Waals surface area contributed by atoms with Gasteiger partial charge >= 0.3 is 0 Å². The Balaban J connectivity index is 1.43. The fourth-order valence-corrected chi connectivity index (χ4v) is 11.1. The van der Waals surface area contributed by atoms with Crippen molar-refractivity contribution in [1.29, 1.82) is 10.5 Å². The normalized spacial score (nSPS) is 38.6. The number of hydrogen-bond acceptors (Lipinski definition) is 5. The van der Waals surface area contributed by atoms with Gasteiger partial charge in [-0.1, -0.05) is 89.9 Å². The third-order valence-corrected chi connectivity index (χ3v) is 14.0. The first-order chi connectivity index (χ1) is 21.9. The summed E-state index contributed by atoms with van der Waals surface area (Å²) in [4.78, 5) is 42.1. The van der Waals surface area contributed by atoms with Gasteiger partial charge in [-0.2, -0.15) is 10.5 Å². The average molecular weight is 632 g/mol. The molecule has 6 rings (SSSR count). The van der Waals surface area contributed by atoms with Crippen molar-refractivity contribution in [3.05, 3.63) is 64.3 Å². The smallest absolute Gasteiger partial charge is 0.262 e.